The van der Waals surface area contributed by atoms with Crippen molar-refractivity contribution in [2.75, 3.05) is 68.5 Å². The molecule has 0 saturated carbocycles. The number of amides is 1. The number of methoxy groups -OCH3 is 1. The van der Waals surface area contributed by atoms with Crippen molar-refractivity contribution >= 4 is 34.6 Å². The number of hydrogen-bond acceptors (Lipinski definition) is 9. The minimum absolute atomic E-state index is 0.245. The van der Waals surface area contributed by atoms with E-state index in [2.05, 4.69) is 32.1 Å². The zero-order chi connectivity index (χ0) is 34.4. The Morgan fingerprint density at radius 2 is 1.79 bits per heavy atom. The number of aromatic nitrogens is 2. The average molecular weight is 662 g/mol. The lowest BCUT2D eigenvalue weighted by atomic mass is 9.97. The molecule has 2 heterocycles. The number of benzene rings is 3. The van der Waals surface area contributed by atoms with Gasteiger partial charge in [-0.25, -0.2) is 15.0 Å². The van der Waals surface area contributed by atoms with Crippen LogP contribution in [0.2, 0.25) is 0 Å². The van der Waals surface area contributed by atoms with Crippen molar-refractivity contribution in [2.45, 2.75) is 18.6 Å². The summed E-state index contributed by atoms with van der Waals surface area (Å²) in [5.41, 5.74) is 3.18. The predicted octanol–water partition coefficient (Wildman–Crippen LogP) is 6.92. The number of carbonyl (C=O) groups is 1. The maximum Gasteiger partial charge on any atom is 0.416 e. The normalized spacial score (nSPS) is 14.6. The smallest absolute Gasteiger partial charge is 0.416 e. The average Bonchev–Trinajstić information content (AvgIpc) is 3.57. The molecule has 252 valence electrons. The summed E-state index contributed by atoms with van der Waals surface area (Å²) in [7, 11) is 7.48. The van der Waals surface area contributed by atoms with Crippen LogP contribution in [0.1, 0.15) is 23.6 Å². The van der Waals surface area contributed by atoms with Crippen LogP contribution in [0, 0.1) is 0 Å². The van der Waals surface area contributed by atoms with Crippen LogP contribution >= 0.6 is 0 Å². The second-order valence-electron chi connectivity index (χ2n) is 11.5. The SMILES string of the molecule is C=CC(=O)Nc1cc(Nc2cc(N3OCCC3c3cccc(-c4cccc(C(F)(F)F)c4)c3)ncn2)c(OC)cc1N(C)CCN(C)C. The van der Waals surface area contributed by atoms with Crippen molar-refractivity contribution in [1.82, 2.24) is 14.9 Å². The number of likely N-dealkylation sites (N-methyl/N-ethyl adjacent to an activating group) is 2. The molecule has 10 nitrogen and oxygen atoms in total. The molecule has 5 rings (SSSR count). The fourth-order valence-electron chi connectivity index (χ4n) is 5.38. The fourth-order valence-corrected chi connectivity index (χ4v) is 5.38. The third-order valence-corrected chi connectivity index (χ3v) is 7.90. The fraction of sp³-hybridized carbons (Fsp3) is 0.286. The third-order valence-electron chi connectivity index (χ3n) is 7.90. The molecule has 0 aliphatic carbocycles. The van der Waals surface area contributed by atoms with Crippen LogP contribution in [0.25, 0.3) is 11.1 Å². The minimum Gasteiger partial charge on any atom is -0.494 e. The highest BCUT2D eigenvalue weighted by Crippen LogP contribution is 2.40. The first-order chi connectivity index (χ1) is 23.0. The Morgan fingerprint density at radius 1 is 1.04 bits per heavy atom. The highest BCUT2D eigenvalue weighted by Gasteiger charge is 2.31. The number of carbonyl (C=O) groups excluding carboxylic acids is 1. The highest BCUT2D eigenvalue weighted by molar-refractivity contribution is 6.02. The lowest BCUT2D eigenvalue weighted by molar-refractivity contribution is -0.137. The van der Waals surface area contributed by atoms with E-state index in [-0.39, 0.29) is 11.9 Å². The Kier molecular flexibility index (Phi) is 10.5. The molecule has 0 bridgehead atoms. The Balaban J connectivity index is 1.42. The molecule has 0 radical (unpaired) electrons. The van der Waals surface area contributed by atoms with Gasteiger partial charge in [0.15, 0.2) is 5.82 Å². The van der Waals surface area contributed by atoms with Crippen molar-refractivity contribution in [3.63, 3.8) is 0 Å². The second kappa shape index (κ2) is 14.7. The summed E-state index contributed by atoms with van der Waals surface area (Å²) in [6, 6.07) is 17.8. The molecular formula is C35H38F3N7O3. The lowest BCUT2D eigenvalue weighted by Crippen LogP contribution is -2.29. The summed E-state index contributed by atoms with van der Waals surface area (Å²) >= 11 is 0. The van der Waals surface area contributed by atoms with Gasteiger partial charge in [-0.2, -0.15) is 13.2 Å². The number of alkyl halides is 3. The molecule has 1 saturated heterocycles. The first-order valence-electron chi connectivity index (χ1n) is 15.3. The zero-order valence-corrected chi connectivity index (χ0v) is 27.2. The van der Waals surface area contributed by atoms with Gasteiger partial charge in [-0.05, 0) is 61.1 Å². The van der Waals surface area contributed by atoms with E-state index in [1.54, 1.807) is 36.4 Å². The van der Waals surface area contributed by atoms with E-state index >= 15 is 0 Å². The maximum absolute atomic E-state index is 13.4. The van der Waals surface area contributed by atoms with Crippen LogP contribution in [-0.2, 0) is 15.8 Å². The highest BCUT2D eigenvalue weighted by atomic mass is 19.4. The first-order valence-corrected chi connectivity index (χ1v) is 15.3. The molecule has 13 heteroatoms. The molecule has 1 aliphatic rings. The lowest BCUT2D eigenvalue weighted by Gasteiger charge is -2.26. The Bertz CT molecular complexity index is 1770. The molecule has 1 unspecified atom stereocenters. The van der Waals surface area contributed by atoms with Gasteiger partial charge in [0.1, 0.15) is 17.9 Å². The maximum atomic E-state index is 13.4. The van der Waals surface area contributed by atoms with E-state index in [1.807, 2.05) is 50.3 Å². The molecule has 3 aromatic carbocycles. The van der Waals surface area contributed by atoms with Gasteiger partial charge in [0.25, 0.3) is 0 Å². The number of hydrogen-bond donors (Lipinski definition) is 2. The van der Waals surface area contributed by atoms with Gasteiger partial charge in [-0.15, -0.1) is 0 Å². The summed E-state index contributed by atoms with van der Waals surface area (Å²) < 4.78 is 45.9. The van der Waals surface area contributed by atoms with Gasteiger partial charge in [-0.1, -0.05) is 36.9 Å². The quantitative estimate of drug-likeness (QED) is 0.157. The van der Waals surface area contributed by atoms with Gasteiger partial charge in [0, 0.05) is 38.7 Å². The van der Waals surface area contributed by atoms with Crippen molar-refractivity contribution < 1.29 is 27.5 Å². The third kappa shape index (κ3) is 8.04. The Morgan fingerprint density at radius 3 is 2.50 bits per heavy atom. The number of ether oxygens (including phenoxy) is 1. The van der Waals surface area contributed by atoms with Crippen LogP contribution in [0.3, 0.4) is 0 Å². The summed E-state index contributed by atoms with van der Waals surface area (Å²) in [5.74, 6) is 1.10. The number of nitrogens with one attached hydrogen (secondary N) is 2. The number of rotatable bonds is 12. The van der Waals surface area contributed by atoms with Gasteiger partial charge in [0.05, 0.1) is 42.4 Å². The van der Waals surface area contributed by atoms with E-state index in [4.69, 9.17) is 9.57 Å². The topological polar surface area (TPSA) is 95.1 Å². The van der Waals surface area contributed by atoms with Crippen LogP contribution in [0.5, 0.6) is 5.75 Å². The Hall–Kier alpha value is -5.14. The summed E-state index contributed by atoms with van der Waals surface area (Å²) in [6.45, 7) is 5.50. The second-order valence-corrected chi connectivity index (χ2v) is 11.5. The van der Waals surface area contributed by atoms with Crippen molar-refractivity contribution in [3.8, 4) is 16.9 Å². The Labute approximate surface area is 277 Å². The van der Waals surface area contributed by atoms with Gasteiger partial charge < -0.3 is 25.2 Å². The molecule has 1 amide bonds. The first kappa shape index (κ1) is 34.2. The zero-order valence-electron chi connectivity index (χ0n) is 27.2. The van der Waals surface area contributed by atoms with Crippen molar-refractivity contribution in [1.29, 1.82) is 0 Å². The molecule has 1 aliphatic heterocycles. The van der Waals surface area contributed by atoms with Crippen molar-refractivity contribution in [3.05, 3.63) is 96.8 Å². The van der Waals surface area contributed by atoms with E-state index < -0.39 is 11.7 Å². The monoisotopic (exact) mass is 661 g/mol. The predicted molar refractivity (Wildman–Crippen MR) is 182 cm³/mol. The van der Waals surface area contributed by atoms with Gasteiger partial charge >= 0.3 is 6.18 Å². The van der Waals surface area contributed by atoms with Crippen LogP contribution < -0.4 is 25.3 Å². The molecule has 1 aromatic heterocycles. The van der Waals surface area contributed by atoms with E-state index in [1.165, 1.54) is 18.5 Å². The van der Waals surface area contributed by atoms with Crippen LogP contribution in [0.15, 0.2) is 85.7 Å². The minimum atomic E-state index is -4.43. The number of halogens is 3. The number of nitrogens with zero attached hydrogens (tertiary/aromatic N) is 5. The summed E-state index contributed by atoms with van der Waals surface area (Å²) in [6.07, 6.45) is -1.18. The van der Waals surface area contributed by atoms with E-state index in [0.717, 1.165) is 29.9 Å². The summed E-state index contributed by atoms with van der Waals surface area (Å²) in [4.78, 5) is 31.3. The number of hydroxylamine groups is 1. The molecule has 1 fully saturated rings. The van der Waals surface area contributed by atoms with Crippen molar-refractivity contribution in [2.24, 2.45) is 0 Å². The van der Waals surface area contributed by atoms with Gasteiger partial charge in [0.2, 0.25) is 5.91 Å². The molecule has 2 N–H and O–H groups in total. The molecule has 48 heavy (non-hydrogen) atoms. The van der Waals surface area contributed by atoms with Crippen LogP contribution in [-0.4, -0.2) is 68.7 Å². The standard InChI is InChI=1S/C35H38F3N7O3/c1-6-34(46)42-27-19-28(31(47-5)20-30(27)44(4)15-14-43(2)3)41-32-21-33(40-22-39-32)45-29(13-16-48-45)25-11-7-9-23(17-25)24-10-8-12-26(18-24)35(36,37)38/h6-12,17-22,29H,1,13-16H2,2-5H3,(H,42,46)(H,39,40,41). The van der Waals surface area contributed by atoms with E-state index in [9.17, 15) is 18.0 Å². The molecule has 1 atom stereocenters. The molecule has 4 aromatic rings. The largest absolute Gasteiger partial charge is 0.494 e. The van der Waals surface area contributed by atoms with Gasteiger partial charge in [-0.3, -0.25) is 9.63 Å². The van der Waals surface area contributed by atoms with Crippen LogP contribution in [0.4, 0.5) is 41.9 Å². The molecule has 0 spiro atoms. The molecular weight excluding hydrogens is 623 g/mol. The van der Waals surface area contributed by atoms with E-state index in [0.29, 0.717) is 59.5 Å². The summed E-state index contributed by atoms with van der Waals surface area (Å²) in [5, 5.41) is 7.86. The number of anilines is 5.